The van der Waals surface area contributed by atoms with Gasteiger partial charge in [0.05, 0.1) is 36.1 Å². The molecule has 38 heavy (non-hydrogen) atoms. The second-order valence-corrected chi connectivity index (χ2v) is 10.2. The van der Waals surface area contributed by atoms with Crippen molar-refractivity contribution in [1.82, 2.24) is 4.57 Å². The van der Waals surface area contributed by atoms with E-state index in [2.05, 4.69) is 9.89 Å². The Morgan fingerprint density at radius 2 is 1.92 bits per heavy atom. The van der Waals surface area contributed by atoms with E-state index in [0.29, 0.717) is 33.8 Å². The molecule has 0 spiro atoms. The quantitative estimate of drug-likeness (QED) is 0.499. The number of methoxy groups -OCH3 is 1. The summed E-state index contributed by atoms with van der Waals surface area (Å²) in [7, 11) is 1.42. The Morgan fingerprint density at radius 3 is 2.55 bits per heavy atom. The fourth-order valence-corrected chi connectivity index (χ4v) is 6.41. The number of carboxylic acid groups (broad SMARTS) is 1. The number of nitrogens with zero attached hydrogens (tertiary/aromatic N) is 3. The summed E-state index contributed by atoms with van der Waals surface area (Å²) >= 11 is 1.23. The van der Waals surface area contributed by atoms with Crippen LogP contribution in [0.5, 0.6) is 11.5 Å². The van der Waals surface area contributed by atoms with Crippen LogP contribution in [-0.2, 0) is 15.1 Å². The first-order valence-electron chi connectivity index (χ1n) is 12.4. The SMILES string of the molecule is CCC1(c2ccc(O)c(OC)c2)C(C(=O)O)=C(C)N=c2s/c(=C\c3ccc(N4CCOCC4)cc3)c(=O)n21. The fourth-order valence-electron chi connectivity index (χ4n) is 5.33. The molecule has 1 aromatic heterocycles. The third-order valence-electron chi connectivity index (χ3n) is 7.18. The van der Waals surface area contributed by atoms with E-state index in [1.807, 2.05) is 37.3 Å². The lowest BCUT2D eigenvalue weighted by Crippen LogP contribution is -2.52. The van der Waals surface area contributed by atoms with Gasteiger partial charge in [0.1, 0.15) is 5.54 Å². The van der Waals surface area contributed by atoms with Crippen molar-refractivity contribution in [3.63, 3.8) is 0 Å². The molecular formula is C28H29N3O6S. The van der Waals surface area contributed by atoms with Crippen molar-refractivity contribution in [2.75, 3.05) is 38.3 Å². The van der Waals surface area contributed by atoms with Gasteiger partial charge in [0.25, 0.3) is 5.56 Å². The minimum absolute atomic E-state index is 0.0153. The number of aromatic nitrogens is 1. The zero-order chi connectivity index (χ0) is 27.0. The largest absolute Gasteiger partial charge is 0.504 e. The summed E-state index contributed by atoms with van der Waals surface area (Å²) in [6, 6.07) is 12.7. The number of phenolic OH excluding ortho intramolecular Hbond substituents is 1. The van der Waals surface area contributed by atoms with Gasteiger partial charge in [0.15, 0.2) is 16.3 Å². The van der Waals surface area contributed by atoms with Gasteiger partial charge in [-0.1, -0.05) is 36.5 Å². The van der Waals surface area contributed by atoms with E-state index >= 15 is 0 Å². The van der Waals surface area contributed by atoms with Crippen molar-refractivity contribution in [3.8, 4) is 11.5 Å². The van der Waals surface area contributed by atoms with Crippen LogP contribution >= 0.6 is 11.3 Å². The second-order valence-electron chi connectivity index (χ2n) is 9.20. The second kappa shape index (κ2) is 10.1. The number of anilines is 1. The number of hydrogen-bond acceptors (Lipinski definition) is 8. The lowest BCUT2D eigenvalue weighted by molar-refractivity contribution is -0.133. The first-order valence-corrected chi connectivity index (χ1v) is 13.2. The summed E-state index contributed by atoms with van der Waals surface area (Å²) in [5.74, 6) is -1.04. The molecule has 0 radical (unpaired) electrons. The molecule has 5 rings (SSSR count). The third kappa shape index (κ3) is 4.19. The summed E-state index contributed by atoms with van der Waals surface area (Å²) in [6.07, 6.45) is 2.08. The summed E-state index contributed by atoms with van der Waals surface area (Å²) in [6.45, 7) is 6.56. The van der Waals surface area contributed by atoms with Crippen LogP contribution in [0.15, 0.2) is 63.5 Å². The standard InChI is InChI=1S/C28H29N3O6S/c1-4-28(19-7-10-21(32)22(16-19)36-3)24(26(34)35)17(2)29-27-31(28)25(33)23(38-27)15-18-5-8-20(9-6-18)30-11-13-37-14-12-30/h5-10,15-16,32H,4,11-14H2,1-3H3,(H,34,35)/b23-15-. The van der Waals surface area contributed by atoms with Gasteiger partial charge in [-0.3, -0.25) is 9.36 Å². The summed E-state index contributed by atoms with van der Waals surface area (Å²) < 4.78 is 12.7. The van der Waals surface area contributed by atoms with Gasteiger partial charge in [-0.2, -0.15) is 0 Å². The van der Waals surface area contributed by atoms with Gasteiger partial charge in [-0.25, -0.2) is 9.79 Å². The first-order chi connectivity index (χ1) is 18.3. The molecule has 2 N–H and O–H groups in total. The number of aromatic hydroxyl groups is 1. The zero-order valence-corrected chi connectivity index (χ0v) is 22.2. The van der Waals surface area contributed by atoms with Crippen molar-refractivity contribution in [2.45, 2.75) is 25.8 Å². The molecule has 1 fully saturated rings. The number of carboxylic acids is 1. The first kappa shape index (κ1) is 25.7. The van der Waals surface area contributed by atoms with E-state index < -0.39 is 11.5 Å². The Balaban J connectivity index is 1.68. The number of aliphatic carboxylic acids is 1. The van der Waals surface area contributed by atoms with E-state index in [1.54, 1.807) is 19.1 Å². The smallest absolute Gasteiger partial charge is 0.336 e. The maximum Gasteiger partial charge on any atom is 0.336 e. The molecule has 0 bridgehead atoms. The Kier molecular flexibility index (Phi) is 6.85. The van der Waals surface area contributed by atoms with Gasteiger partial charge in [0.2, 0.25) is 0 Å². The Morgan fingerprint density at radius 1 is 1.21 bits per heavy atom. The van der Waals surface area contributed by atoms with Crippen LogP contribution in [0.3, 0.4) is 0 Å². The van der Waals surface area contributed by atoms with Gasteiger partial charge >= 0.3 is 5.97 Å². The van der Waals surface area contributed by atoms with Crippen molar-refractivity contribution in [1.29, 1.82) is 0 Å². The molecule has 0 amide bonds. The Bertz CT molecular complexity index is 1600. The number of hydrogen-bond donors (Lipinski definition) is 2. The highest BCUT2D eigenvalue weighted by atomic mass is 32.1. The number of ether oxygens (including phenoxy) is 2. The minimum Gasteiger partial charge on any atom is -0.504 e. The van der Waals surface area contributed by atoms with E-state index in [9.17, 15) is 19.8 Å². The molecule has 198 valence electrons. The van der Waals surface area contributed by atoms with Crippen molar-refractivity contribution in [2.24, 2.45) is 4.99 Å². The Labute approximate surface area is 223 Å². The van der Waals surface area contributed by atoms with Crippen molar-refractivity contribution < 1.29 is 24.5 Å². The molecule has 9 nitrogen and oxygen atoms in total. The molecule has 2 aromatic carbocycles. The fraction of sp³-hybridized carbons (Fsp3) is 0.321. The molecule has 1 unspecified atom stereocenters. The van der Waals surface area contributed by atoms with Gasteiger partial charge in [-0.05, 0) is 54.8 Å². The lowest BCUT2D eigenvalue weighted by atomic mass is 9.78. The van der Waals surface area contributed by atoms with Crippen LogP contribution in [0.1, 0.15) is 31.4 Å². The molecule has 0 aliphatic carbocycles. The van der Waals surface area contributed by atoms with Crippen LogP contribution in [0, 0.1) is 0 Å². The average molecular weight is 536 g/mol. The summed E-state index contributed by atoms with van der Waals surface area (Å²) in [5.41, 5.74) is 1.15. The summed E-state index contributed by atoms with van der Waals surface area (Å²) in [4.78, 5) is 33.7. The van der Waals surface area contributed by atoms with Crippen LogP contribution in [0.4, 0.5) is 5.69 Å². The van der Waals surface area contributed by atoms with Crippen molar-refractivity contribution >= 4 is 29.1 Å². The third-order valence-corrected chi connectivity index (χ3v) is 8.15. The number of thiazole rings is 1. The summed E-state index contributed by atoms with van der Waals surface area (Å²) in [5, 5.41) is 20.5. The Hall–Kier alpha value is -3.89. The van der Waals surface area contributed by atoms with Crippen molar-refractivity contribution in [3.05, 3.63) is 84.5 Å². The molecule has 2 aliphatic heterocycles. The van der Waals surface area contributed by atoms with E-state index in [1.165, 1.54) is 29.1 Å². The molecule has 1 saturated heterocycles. The van der Waals surface area contributed by atoms with Crippen LogP contribution in [-0.4, -0.2) is 54.2 Å². The number of benzene rings is 2. The van der Waals surface area contributed by atoms with E-state index in [4.69, 9.17) is 9.47 Å². The number of rotatable bonds is 6. The number of phenols is 1. The maximum absolute atomic E-state index is 13.9. The normalized spacial score (nSPS) is 19.8. The highest BCUT2D eigenvalue weighted by Gasteiger charge is 2.46. The van der Waals surface area contributed by atoms with Crippen LogP contribution in [0.2, 0.25) is 0 Å². The monoisotopic (exact) mass is 535 g/mol. The number of fused-ring (bicyclic) bond motifs is 1. The van der Waals surface area contributed by atoms with Gasteiger partial charge < -0.3 is 24.6 Å². The van der Waals surface area contributed by atoms with Crippen LogP contribution in [0.25, 0.3) is 6.08 Å². The van der Waals surface area contributed by atoms with Gasteiger partial charge in [-0.15, -0.1) is 0 Å². The molecule has 0 saturated carbocycles. The molecule has 3 heterocycles. The molecular weight excluding hydrogens is 506 g/mol. The molecule has 2 aliphatic rings. The number of allylic oxidation sites excluding steroid dienone is 1. The van der Waals surface area contributed by atoms with Crippen LogP contribution < -0.4 is 24.5 Å². The lowest BCUT2D eigenvalue weighted by Gasteiger charge is -2.37. The molecule has 1 atom stereocenters. The zero-order valence-electron chi connectivity index (χ0n) is 21.4. The minimum atomic E-state index is -1.34. The predicted molar refractivity (Wildman–Crippen MR) is 145 cm³/mol. The maximum atomic E-state index is 13.9. The highest BCUT2D eigenvalue weighted by Crippen LogP contribution is 2.42. The predicted octanol–water partition coefficient (Wildman–Crippen LogP) is 2.43. The number of carbonyl (C=O) groups is 1. The molecule has 3 aromatic rings. The van der Waals surface area contributed by atoms with Gasteiger partial charge in [0, 0.05) is 18.8 Å². The number of morpholine rings is 1. The van der Waals surface area contributed by atoms with E-state index in [-0.39, 0.29) is 29.1 Å². The average Bonchev–Trinajstić information content (AvgIpc) is 3.23. The molecule has 10 heteroatoms. The topological polar surface area (TPSA) is 114 Å². The highest BCUT2D eigenvalue weighted by molar-refractivity contribution is 7.07. The van der Waals surface area contributed by atoms with E-state index in [0.717, 1.165) is 24.3 Å².